The number of likely N-dealkylation sites (N-methyl/N-ethyl adjacent to an activating group) is 1. The second-order valence-corrected chi connectivity index (χ2v) is 6.65. The molecule has 0 heterocycles. The maximum atomic E-state index is 11.5. The molecule has 2 aromatic rings. The van der Waals surface area contributed by atoms with E-state index in [1.165, 1.54) is 7.11 Å². The highest BCUT2D eigenvalue weighted by molar-refractivity contribution is 8.03. The fourth-order valence-corrected chi connectivity index (χ4v) is 3.00. The highest BCUT2D eigenvalue weighted by Crippen LogP contribution is 2.39. The second-order valence-electron chi connectivity index (χ2n) is 5.82. The number of carbonyl (C=O) groups is 1. The van der Waals surface area contributed by atoms with E-state index in [0.717, 1.165) is 17.8 Å². The minimum atomic E-state index is -0.808. The Morgan fingerprint density at radius 2 is 1.81 bits per heavy atom. The van der Waals surface area contributed by atoms with E-state index in [1.54, 1.807) is 34.6 Å². The lowest BCUT2D eigenvalue weighted by atomic mass is 10.2. The van der Waals surface area contributed by atoms with E-state index in [9.17, 15) is 25.0 Å². The number of nitro groups is 2. The van der Waals surface area contributed by atoms with E-state index < -0.39 is 21.2 Å². The molecule has 0 saturated carbocycles. The van der Waals surface area contributed by atoms with E-state index >= 15 is 0 Å². The number of thioether (sulfide) groups is 1. The largest absolute Gasteiger partial charge is 0.468 e. The van der Waals surface area contributed by atoms with Crippen molar-refractivity contribution in [3.63, 3.8) is 0 Å². The van der Waals surface area contributed by atoms with Crippen LogP contribution in [0.3, 0.4) is 0 Å². The van der Waals surface area contributed by atoms with Gasteiger partial charge in [0.25, 0.3) is 5.69 Å². The van der Waals surface area contributed by atoms with Gasteiger partial charge >= 0.3 is 11.7 Å². The number of carbonyl (C=O) groups excluding carboxylic acids is 1. The molecule has 0 aliphatic rings. The number of methoxy groups -OCH3 is 1. The molecule has 0 aromatic heterocycles. The molecule has 0 saturated heterocycles. The van der Waals surface area contributed by atoms with Gasteiger partial charge in [0.1, 0.15) is 16.8 Å². The van der Waals surface area contributed by atoms with Crippen LogP contribution in [0.15, 0.2) is 51.5 Å². The van der Waals surface area contributed by atoms with Crippen LogP contribution >= 0.6 is 11.8 Å². The van der Waals surface area contributed by atoms with Crippen LogP contribution in [0, 0.1) is 30.9 Å². The maximum Gasteiger partial charge on any atom is 0.325 e. The first-order valence-electron chi connectivity index (χ1n) is 8.67. The Morgan fingerprint density at radius 1 is 1.16 bits per heavy atom. The third kappa shape index (κ3) is 5.97. The van der Waals surface area contributed by atoms with Crippen molar-refractivity contribution >= 4 is 46.2 Å². The summed E-state index contributed by atoms with van der Waals surface area (Å²) in [6, 6.07) is 8.42. The zero-order chi connectivity index (χ0) is 23.0. The van der Waals surface area contributed by atoms with Crippen molar-refractivity contribution in [2.24, 2.45) is 10.2 Å². The molecule has 0 bridgehead atoms. The molecule has 0 radical (unpaired) electrons. The summed E-state index contributed by atoms with van der Waals surface area (Å²) in [6.45, 7) is 2.51. The number of ether oxygens (including phenoxy) is 1. The lowest BCUT2D eigenvalue weighted by Crippen LogP contribution is -2.30. The standard InChI is InChI=1S/C18H16N6O6S/c1-3-22(10-18(25)30-2)13-6-4-12(5-7-13)20-21-14-8-17(31-11-19)16(24(28)29)9-15(14)23(26)27/h4-9H,3,10H2,1-2H3/b21-20+. The zero-order valence-electron chi connectivity index (χ0n) is 16.4. The summed E-state index contributed by atoms with van der Waals surface area (Å²) in [6.07, 6.45) is 0. The number of anilines is 1. The molecule has 0 atom stereocenters. The number of hydrogen-bond donors (Lipinski definition) is 0. The van der Waals surface area contributed by atoms with Crippen molar-refractivity contribution in [1.29, 1.82) is 5.26 Å². The summed E-state index contributed by atoms with van der Waals surface area (Å²) in [5.74, 6) is -0.387. The number of thiocyanates is 1. The van der Waals surface area contributed by atoms with E-state index in [0.29, 0.717) is 24.0 Å². The number of hydrogen-bond acceptors (Lipinski definition) is 11. The van der Waals surface area contributed by atoms with Gasteiger partial charge in [-0.15, -0.1) is 5.11 Å². The van der Waals surface area contributed by atoms with Crippen molar-refractivity contribution in [3.05, 3.63) is 56.6 Å². The minimum Gasteiger partial charge on any atom is -0.468 e. The minimum absolute atomic E-state index is 0.0716. The molecular formula is C18H16N6O6S. The number of benzene rings is 2. The van der Waals surface area contributed by atoms with Crippen LogP contribution in [0.4, 0.5) is 28.4 Å². The van der Waals surface area contributed by atoms with Crippen LogP contribution in [0.2, 0.25) is 0 Å². The Bertz CT molecular complexity index is 1070. The van der Waals surface area contributed by atoms with E-state index in [2.05, 4.69) is 15.0 Å². The molecule has 31 heavy (non-hydrogen) atoms. The first-order valence-corrected chi connectivity index (χ1v) is 9.48. The van der Waals surface area contributed by atoms with Gasteiger partial charge in [-0.05, 0) is 49.0 Å². The number of nitrogens with zero attached hydrogens (tertiary/aromatic N) is 6. The normalized spacial score (nSPS) is 10.5. The molecule has 0 N–H and O–H groups in total. The van der Waals surface area contributed by atoms with Crippen LogP contribution in [-0.2, 0) is 9.53 Å². The quantitative estimate of drug-likeness (QED) is 0.135. The van der Waals surface area contributed by atoms with E-state index in [-0.39, 0.29) is 23.1 Å². The Balaban J connectivity index is 2.35. The Labute approximate surface area is 180 Å². The molecule has 0 aliphatic carbocycles. The second kappa shape index (κ2) is 10.6. The fraction of sp³-hybridized carbons (Fsp3) is 0.222. The van der Waals surface area contributed by atoms with Crippen LogP contribution in [0.25, 0.3) is 0 Å². The third-order valence-electron chi connectivity index (χ3n) is 4.02. The molecule has 13 heteroatoms. The lowest BCUT2D eigenvalue weighted by molar-refractivity contribution is -0.395. The molecule has 0 fully saturated rings. The van der Waals surface area contributed by atoms with Gasteiger partial charge in [-0.1, -0.05) is 0 Å². The molecule has 0 spiro atoms. The molecule has 160 valence electrons. The van der Waals surface area contributed by atoms with Gasteiger partial charge in [-0.25, -0.2) is 0 Å². The first-order chi connectivity index (χ1) is 14.8. The first kappa shape index (κ1) is 23.2. The number of azo groups is 1. The predicted octanol–water partition coefficient (Wildman–Crippen LogP) is 4.49. The van der Waals surface area contributed by atoms with Gasteiger partial charge < -0.3 is 9.64 Å². The van der Waals surface area contributed by atoms with E-state index in [4.69, 9.17) is 5.26 Å². The monoisotopic (exact) mass is 444 g/mol. The summed E-state index contributed by atoms with van der Waals surface area (Å²) in [4.78, 5) is 34.0. The Kier molecular flexibility index (Phi) is 7.98. The topological polar surface area (TPSA) is 164 Å². The number of rotatable bonds is 9. The van der Waals surface area contributed by atoms with Crippen LogP contribution in [0.5, 0.6) is 0 Å². The summed E-state index contributed by atoms with van der Waals surface area (Å²) < 4.78 is 4.66. The smallest absolute Gasteiger partial charge is 0.325 e. The SMILES string of the molecule is CCN(CC(=O)OC)c1ccc(/N=N/c2cc(SC#N)c([N+](=O)[O-])cc2[N+](=O)[O-])cc1. The molecule has 12 nitrogen and oxygen atoms in total. The molecule has 2 aromatic carbocycles. The van der Waals surface area contributed by atoms with Crippen LogP contribution < -0.4 is 4.90 Å². The molecule has 0 unspecified atom stereocenters. The number of nitriles is 1. The average Bonchev–Trinajstić information content (AvgIpc) is 2.76. The maximum absolute atomic E-state index is 11.5. The summed E-state index contributed by atoms with van der Waals surface area (Å²) in [5.41, 5.74) is -0.296. The van der Waals surface area contributed by atoms with Crippen molar-refractivity contribution in [3.8, 4) is 5.40 Å². The van der Waals surface area contributed by atoms with Crippen LogP contribution in [0.1, 0.15) is 6.92 Å². The van der Waals surface area contributed by atoms with Crippen molar-refractivity contribution in [1.82, 2.24) is 0 Å². The lowest BCUT2D eigenvalue weighted by Gasteiger charge is -2.21. The van der Waals surface area contributed by atoms with Crippen LogP contribution in [-0.4, -0.2) is 36.0 Å². The fourth-order valence-electron chi connectivity index (χ4n) is 2.49. The van der Waals surface area contributed by atoms with Crippen molar-refractivity contribution < 1.29 is 19.4 Å². The summed E-state index contributed by atoms with van der Waals surface area (Å²) >= 11 is 0.497. The highest BCUT2D eigenvalue weighted by Gasteiger charge is 2.25. The Morgan fingerprint density at radius 3 is 2.32 bits per heavy atom. The van der Waals surface area contributed by atoms with Gasteiger partial charge in [0.05, 0.1) is 28.7 Å². The molecule has 2 rings (SSSR count). The zero-order valence-corrected chi connectivity index (χ0v) is 17.2. The summed E-state index contributed by atoms with van der Waals surface area (Å²) in [7, 11) is 1.30. The molecule has 0 aliphatic heterocycles. The summed E-state index contributed by atoms with van der Waals surface area (Å²) in [5, 5.41) is 40.8. The predicted molar refractivity (Wildman–Crippen MR) is 112 cm³/mol. The van der Waals surface area contributed by atoms with Crippen molar-refractivity contribution in [2.45, 2.75) is 11.8 Å². The third-order valence-corrected chi connectivity index (χ3v) is 4.66. The van der Waals surface area contributed by atoms with Gasteiger partial charge in [-0.2, -0.15) is 10.4 Å². The average molecular weight is 444 g/mol. The van der Waals surface area contributed by atoms with Crippen molar-refractivity contribution in [2.75, 3.05) is 25.1 Å². The molecular weight excluding hydrogens is 428 g/mol. The van der Waals surface area contributed by atoms with Gasteiger partial charge in [0.2, 0.25) is 0 Å². The van der Waals surface area contributed by atoms with E-state index in [1.807, 2.05) is 6.92 Å². The van der Waals surface area contributed by atoms with Gasteiger partial charge in [-0.3, -0.25) is 25.0 Å². The Hall–Kier alpha value is -4.05. The van der Waals surface area contributed by atoms with Gasteiger partial charge in [0.15, 0.2) is 5.69 Å². The number of esters is 1. The number of nitro benzene ring substituents is 2. The highest BCUT2D eigenvalue weighted by atomic mass is 32.2. The van der Waals surface area contributed by atoms with Gasteiger partial charge in [0, 0.05) is 12.2 Å². The molecule has 0 amide bonds.